The van der Waals surface area contributed by atoms with Crippen LogP contribution >= 0.6 is 0 Å². The first-order valence-corrected chi connectivity index (χ1v) is 10.4. The van der Waals surface area contributed by atoms with Crippen LogP contribution in [0.2, 0.25) is 0 Å². The van der Waals surface area contributed by atoms with Gasteiger partial charge in [-0.25, -0.2) is 0 Å². The monoisotopic (exact) mass is 356 g/mol. The van der Waals surface area contributed by atoms with Gasteiger partial charge in [0, 0.05) is 32.7 Å². The van der Waals surface area contributed by atoms with Crippen molar-refractivity contribution in [2.75, 3.05) is 46.4 Å². The summed E-state index contributed by atoms with van der Waals surface area (Å²) in [5.41, 5.74) is 2.03. The average Bonchev–Trinajstić information content (AvgIpc) is 3.38. The van der Waals surface area contributed by atoms with Crippen molar-refractivity contribution in [3.8, 4) is 5.75 Å². The Hall–Kier alpha value is -1.10. The number of hydrogen-bond acceptors (Lipinski definition) is 4. The molecule has 2 unspecified atom stereocenters. The Morgan fingerprint density at radius 2 is 1.73 bits per heavy atom. The molecular formula is C22H32N2O2. The second-order valence-corrected chi connectivity index (χ2v) is 9.35. The molecule has 3 atom stereocenters. The first-order chi connectivity index (χ1) is 12.6. The van der Waals surface area contributed by atoms with Gasteiger partial charge in [0.05, 0.1) is 0 Å². The Morgan fingerprint density at radius 1 is 1.08 bits per heavy atom. The molecule has 0 spiro atoms. The third-order valence-electron chi connectivity index (χ3n) is 7.81. The number of benzene rings is 1. The van der Waals surface area contributed by atoms with Gasteiger partial charge in [-0.2, -0.15) is 0 Å². The highest BCUT2D eigenvalue weighted by Gasteiger charge is 2.63. The molecule has 0 radical (unpaired) electrons. The van der Waals surface area contributed by atoms with Crippen molar-refractivity contribution in [1.29, 1.82) is 0 Å². The van der Waals surface area contributed by atoms with Gasteiger partial charge in [0.15, 0.2) is 0 Å². The number of likely N-dealkylation sites (N-methyl/N-ethyl adjacent to an activating group) is 1. The van der Waals surface area contributed by atoms with Gasteiger partial charge in [0.2, 0.25) is 0 Å². The average molecular weight is 357 g/mol. The summed E-state index contributed by atoms with van der Waals surface area (Å²) in [7, 11) is 2.15. The zero-order valence-electron chi connectivity index (χ0n) is 15.9. The van der Waals surface area contributed by atoms with E-state index >= 15 is 0 Å². The lowest BCUT2D eigenvalue weighted by molar-refractivity contribution is 0.0504. The predicted octanol–water partition coefficient (Wildman–Crippen LogP) is 2.36. The summed E-state index contributed by atoms with van der Waals surface area (Å²) in [4.78, 5) is 4.67. The van der Waals surface area contributed by atoms with Crippen molar-refractivity contribution in [2.45, 2.75) is 37.2 Å². The minimum absolute atomic E-state index is 0.379. The highest BCUT2D eigenvalue weighted by atomic mass is 16.5. The SMILES string of the molecule is CN1CCN(C[C@H](O)COc2ccc(C34CC5CC3CC5C4)cc2)CC1. The van der Waals surface area contributed by atoms with Crippen LogP contribution < -0.4 is 4.74 Å². The molecule has 142 valence electrons. The largest absolute Gasteiger partial charge is 0.491 e. The fourth-order valence-electron chi connectivity index (χ4n) is 6.44. The molecule has 0 amide bonds. The topological polar surface area (TPSA) is 35.9 Å². The number of β-amino-alcohol motifs (C(OH)–C–C–N with tert-alkyl or cyclic N) is 1. The number of aliphatic hydroxyl groups is 1. The number of ether oxygens (including phenoxy) is 1. The zero-order valence-corrected chi connectivity index (χ0v) is 15.9. The standard InChI is InChI=1S/C22H32N2O2/c1-23-6-8-24(9-7-23)14-20(25)15-26-21-4-2-18(3-5-21)22-12-16-10-19(22)11-17(16)13-22/h2-5,16-17,19-20,25H,6-15H2,1H3/t16?,17?,19?,20-,22?/m0/s1. The Labute approximate surface area is 157 Å². The summed E-state index contributed by atoms with van der Waals surface area (Å²) >= 11 is 0. The molecule has 1 aromatic rings. The number of nitrogens with zero attached hydrogens (tertiary/aromatic N) is 2. The van der Waals surface area contributed by atoms with Crippen LogP contribution in [0.5, 0.6) is 5.75 Å². The number of rotatable bonds is 6. The Morgan fingerprint density at radius 3 is 2.31 bits per heavy atom. The maximum Gasteiger partial charge on any atom is 0.119 e. The van der Waals surface area contributed by atoms with E-state index in [1.165, 1.54) is 31.2 Å². The summed E-state index contributed by atoms with van der Waals surface area (Å²) in [6, 6.07) is 8.84. The minimum Gasteiger partial charge on any atom is -0.491 e. The zero-order chi connectivity index (χ0) is 17.7. The Kier molecular flexibility index (Phi) is 4.26. The van der Waals surface area contributed by atoms with E-state index in [9.17, 15) is 5.11 Å². The van der Waals surface area contributed by atoms with Gasteiger partial charge in [0.1, 0.15) is 18.5 Å². The molecule has 26 heavy (non-hydrogen) atoms. The van der Waals surface area contributed by atoms with E-state index in [0.29, 0.717) is 18.6 Å². The van der Waals surface area contributed by atoms with Crippen LogP contribution in [0.4, 0.5) is 0 Å². The first-order valence-electron chi connectivity index (χ1n) is 10.4. The van der Waals surface area contributed by atoms with E-state index in [4.69, 9.17) is 4.74 Å². The summed E-state index contributed by atoms with van der Waals surface area (Å²) in [5.74, 6) is 3.86. The van der Waals surface area contributed by atoms with Crippen molar-refractivity contribution in [1.82, 2.24) is 9.80 Å². The third-order valence-corrected chi connectivity index (χ3v) is 7.81. The number of hydrogen-bond donors (Lipinski definition) is 1. The molecule has 1 aliphatic heterocycles. The summed E-state index contributed by atoms with van der Waals surface area (Å²) in [6.07, 6.45) is 5.37. The second-order valence-electron chi connectivity index (χ2n) is 9.35. The molecule has 1 N–H and O–H groups in total. The highest BCUT2D eigenvalue weighted by molar-refractivity contribution is 5.38. The van der Waals surface area contributed by atoms with Gasteiger partial charge < -0.3 is 14.7 Å². The van der Waals surface area contributed by atoms with Gasteiger partial charge in [-0.15, -0.1) is 0 Å². The molecule has 6 rings (SSSR count). The van der Waals surface area contributed by atoms with E-state index in [1.54, 1.807) is 0 Å². The molecule has 4 bridgehead atoms. The van der Waals surface area contributed by atoms with Crippen LogP contribution in [0.3, 0.4) is 0 Å². The van der Waals surface area contributed by atoms with Gasteiger partial charge in [-0.1, -0.05) is 12.1 Å². The predicted molar refractivity (Wildman–Crippen MR) is 102 cm³/mol. The van der Waals surface area contributed by atoms with Gasteiger partial charge >= 0.3 is 0 Å². The highest BCUT2D eigenvalue weighted by Crippen LogP contribution is 2.70. The second kappa shape index (κ2) is 6.50. The van der Waals surface area contributed by atoms with E-state index in [1.807, 2.05) is 0 Å². The van der Waals surface area contributed by atoms with Crippen LogP contribution in [0.25, 0.3) is 0 Å². The molecule has 1 heterocycles. The quantitative estimate of drug-likeness (QED) is 0.849. The summed E-state index contributed by atoms with van der Waals surface area (Å²) in [6.45, 7) is 5.32. The fraction of sp³-hybridized carbons (Fsp3) is 0.727. The van der Waals surface area contributed by atoms with Gasteiger partial charge in [-0.05, 0) is 73.6 Å². The Bertz CT molecular complexity index is 624. The van der Waals surface area contributed by atoms with Gasteiger partial charge in [0.25, 0.3) is 0 Å². The smallest absolute Gasteiger partial charge is 0.119 e. The van der Waals surface area contributed by atoms with Crippen LogP contribution in [-0.4, -0.2) is 67.4 Å². The van der Waals surface area contributed by atoms with E-state index in [2.05, 4.69) is 41.1 Å². The molecule has 4 saturated carbocycles. The van der Waals surface area contributed by atoms with Crippen molar-refractivity contribution in [2.24, 2.45) is 17.8 Å². The maximum absolute atomic E-state index is 10.3. The van der Waals surface area contributed by atoms with Crippen LogP contribution in [0.1, 0.15) is 31.2 Å². The van der Waals surface area contributed by atoms with Crippen molar-refractivity contribution >= 4 is 0 Å². The molecule has 5 fully saturated rings. The minimum atomic E-state index is -0.422. The summed E-state index contributed by atoms with van der Waals surface area (Å²) < 4.78 is 5.88. The fourth-order valence-corrected chi connectivity index (χ4v) is 6.44. The van der Waals surface area contributed by atoms with Crippen molar-refractivity contribution in [3.05, 3.63) is 29.8 Å². The Balaban J connectivity index is 1.14. The van der Waals surface area contributed by atoms with E-state index in [-0.39, 0.29) is 0 Å². The van der Waals surface area contributed by atoms with Crippen LogP contribution in [-0.2, 0) is 5.41 Å². The van der Waals surface area contributed by atoms with Crippen molar-refractivity contribution in [3.63, 3.8) is 0 Å². The normalized spacial score (nSPS) is 37.5. The van der Waals surface area contributed by atoms with Gasteiger partial charge in [-0.3, -0.25) is 4.90 Å². The molecule has 4 heteroatoms. The molecule has 0 aromatic heterocycles. The molecule has 4 aliphatic carbocycles. The number of piperazine rings is 1. The van der Waals surface area contributed by atoms with E-state index < -0.39 is 6.10 Å². The third kappa shape index (κ3) is 2.87. The lowest BCUT2D eigenvalue weighted by Crippen LogP contribution is -2.47. The van der Waals surface area contributed by atoms with Crippen LogP contribution in [0.15, 0.2) is 24.3 Å². The number of aliphatic hydroxyl groups excluding tert-OH is 1. The van der Waals surface area contributed by atoms with Crippen molar-refractivity contribution < 1.29 is 9.84 Å². The van der Waals surface area contributed by atoms with Crippen LogP contribution in [0, 0.1) is 17.8 Å². The molecule has 5 aliphatic rings. The van der Waals surface area contributed by atoms with E-state index in [0.717, 1.165) is 49.7 Å². The molecule has 1 saturated heterocycles. The summed E-state index contributed by atoms with van der Waals surface area (Å²) in [5, 5.41) is 10.3. The first kappa shape index (κ1) is 17.0. The molecule has 1 aromatic carbocycles. The lowest BCUT2D eigenvalue weighted by Gasteiger charge is -2.33. The maximum atomic E-state index is 10.3. The lowest BCUT2D eigenvalue weighted by atomic mass is 9.75. The molecular weight excluding hydrogens is 324 g/mol. The molecule has 4 nitrogen and oxygen atoms in total.